The Morgan fingerprint density at radius 3 is 2.07 bits per heavy atom. The van der Waals surface area contributed by atoms with Crippen LogP contribution in [0.2, 0.25) is 0 Å². The second kappa shape index (κ2) is 8.58. The van der Waals surface area contributed by atoms with Gasteiger partial charge in [0, 0.05) is 11.8 Å². The van der Waals surface area contributed by atoms with Gasteiger partial charge >= 0.3 is 5.97 Å². The number of nitrogens with one attached hydrogen (secondary N) is 1. The van der Waals surface area contributed by atoms with E-state index in [0.717, 1.165) is 16.7 Å². The maximum absolute atomic E-state index is 12.5. The third-order valence-electron chi connectivity index (χ3n) is 4.19. The lowest BCUT2D eigenvalue weighted by Crippen LogP contribution is -2.30. The summed E-state index contributed by atoms with van der Waals surface area (Å²) in [5, 5.41) is 2.71. The minimum Gasteiger partial charge on any atom is -0.493 e. The SMILES string of the molecule is COc1ccc(NC(=O)C(C)OC(=O)c2c(C)cc(C)cc2C)cc1OC. The molecule has 0 saturated carbocycles. The van der Waals surface area contributed by atoms with E-state index < -0.39 is 18.0 Å². The van der Waals surface area contributed by atoms with Crippen molar-refractivity contribution in [2.45, 2.75) is 33.8 Å². The molecule has 0 radical (unpaired) electrons. The van der Waals surface area contributed by atoms with Crippen LogP contribution in [-0.2, 0) is 9.53 Å². The Morgan fingerprint density at radius 2 is 1.52 bits per heavy atom. The van der Waals surface area contributed by atoms with Gasteiger partial charge in [0.05, 0.1) is 19.8 Å². The average Bonchev–Trinajstić information content (AvgIpc) is 2.60. The molecule has 1 atom stereocenters. The van der Waals surface area contributed by atoms with Crippen LogP contribution in [0, 0.1) is 20.8 Å². The molecule has 144 valence electrons. The van der Waals surface area contributed by atoms with Crippen molar-refractivity contribution in [1.82, 2.24) is 0 Å². The Bertz CT molecular complexity index is 837. The summed E-state index contributed by atoms with van der Waals surface area (Å²) < 4.78 is 15.8. The second-order valence-corrected chi connectivity index (χ2v) is 6.38. The fourth-order valence-corrected chi connectivity index (χ4v) is 2.93. The quantitative estimate of drug-likeness (QED) is 0.782. The van der Waals surface area contributed by atoms with Gasteiger partial charge in [0.1, 0.15) is 0 Å². The smallest absolute Gasteiger partial charge is 0.339 e. The number of ether oxygens (including phenoxy) is 3. The molecule has 0 saturated heterocycles. The van der Waals surface area contributed by atoms with Gasteiger partial charge in [0.15, 0.2) is 17.6 Å². The summed E-state index contributed by atoms with van der Waals surface area (Å²) in [5.74, 6) is 0.101. The average molecular weight is 371 g/mol. The molecule has 1 amide bonds. The van der Waals surface area contributed by atoms with Gasteiger partial charge in [0.25, 0.3) is 5.91 Å². The molecule has 27 heavy (non-hydrogen) atoms. The third-order valence-corrected chi connectivity index (χ3v) is 4.19. The maximum Gasteiger partial charge on any atom is 0.339 e. The number of hydrogen-bond donors (Lipinski definition) is 1. The fourth-order valence-electron chi connectivity index (χ4n) is 2.93. The maximum atomic E-state index is 12.5. The molecule has 0 fully saturated rings. The van der Waals surface area contributed by atoms with Crippen LogP contribution in [0.25, 0.3) is 0 Å². The standard InChI is InChI=1S/C21H25NO5/c1-12-9-13(2)19(14(3)10-12)21(24)27-15(4)20(23)22-16-7-8-17(25-5)18(11-16)26-6/h7-11,15H,1-6H3,(H,22,23). The Labute approximate surface area is 159 Å². The van der Waals surface area contributed by atoms with E-state index in [0.29, 0.717) is 22.7 Å². The number of methoxy groups -OCH3 is 2. The number of anilines is 1. The first-order valence-corrected chi connectivity index (χ1v) is 8.58. The van der Waals surface area contributed by atoms with E-state index in [1.54, 1.807) is 18.2 Å². The van der Waals surface area contributed by atoms with Crippen LogP contribution >= 0.6 is 0 Å². The topological polar surface area (TPSA) is 73.9 Å². The van der Waals surface area contributed by atoms with Crippen LogP contribution in [0.5, 0.6) is 11.5 Å². The number of esters is 1. The first kappa shape index (κ1) is 20.3. The number of carbonyl (C=O) groups is 2. The summed E-state index contributed by atoms with van der Waals surface area (Å²) in [4.78, 5) is 24.9. The van der Waals surface area contributed by atoms with E-state index in [1.165, 1.54) is 21.1 Å². The highest BCUT2D eigenvalue weighted by atomic mass is 16.5. The first-order chi connectivity index (χ1) is 12.8. The molecule has 0 aliphatic carbocycles. The molecule has 0 spiro atoms. The molecule has 0 aliphatic heterocycles. The summed E-state index contributed by atoms with van der Waals surface area (Å²) in [6.07, 6.45) is -0.953. The number of hydrogen-bond acceptors (Lipinski definition) is 5. The molecule has 2 aromatic rings. The number of rotatable bonds is 6. The molecule has 6 nitrogen and oxygen atoms in total. The Kier molecular flexibility index (Phi) is 6.45. The van der Waals surface area contributed by atoms with E-state index in [1.807, 2.05) is 32.9 Å². The number of aryl methyl sites for hydroxylation is 3. The molecule has 1 N–H and O–H groups in total. The Hall–Kier alpha value is -3.02. The summed E-state index contributed by atoms with van der Waals surface area (Å²) >= 11 is 0. The summed E-state index contributed by atoms with van der Waals surface area (Å²) in [6.45, 7) is 7.21. The van der Waals surface area contributed by atoms with E-state index in [9.17, 15) is 9.59 Å². The summed E-state index contributed by atoms with van der Waals surface area (Å²) in [7, 11) is 3.05. The molecule has 0 bridgehead atoms. The van der Waals surface area contributed by atoms with Crippen LogP contribution in [0.4, 0.5) is 5.69 Å². The highest BCUT2D eigenvalue weighted by Crippen LogP contribution is 2.29. The minimum absolute atomic E-state index is 0.432. The molecule has 1 unspecified atom stereocenters. The molecule has 0 aromatic heterocycles. The Balaban J connectivity index is 2.09. The van der Waals surface area contributed by atoms with Crippen molar-refractivity contribution in [1.29, 1.82) is 0 Å². The van der Waals surface area contributed by atoms with E-state index in [4.69, 9.17) is 14.2 Å². The second-order valence-electron chi connectivity index (χ2n) is 6.38. The number of carbonyl (C=O) groups excluding carboxylic acids is 2. The van der Waals surface area contributed by atoms with E-state index in [-0.39, 0.29) is 0 Å². The van der Waals surface area contributed by atoms with Crippen molar-refractivity contribution in [3.63, 3.8) is 0 Å². The van der Waals surface area contributed by atoms with Crippen LogP contribution in [-0.4, -0.2) is 32.2 Å². The summed E-state index contributed by atoms with van der Waals surface area (Å²) in [6, 6.07) is 8.84. The van der Waals surface area contributed by atoms with Gasteiger partial charge in [0.2, 0.25) is 0 Å². The van der Waals surface area contributed by atoms with Gasteiger partial charge in [-0.1, -0.05) is 17.7 Å². The van der Waals surface area contributed by atoms with Gasteiger partial charge in [-0.15, -0.1) is 0 Å². The Morgan fingerprint density at radius 1 is 0.926 bits per heavy atom. The van der Waals surface area contributed by atoms with Gasteiger partial charge in [-0.05, 0) is 51.0 Å². The number of benzene rings is 2. The first-order valence-electron chi connectivity index (χ1n) is 8.58. The fraction of sp³-hybridized carbons (Fsp3) is 0.333. The van der Waals surface area contributed by atoms with Crippen molar-refractivity contribution in [2.24, 2.45) is 0 Å². The van der Waals surface area contributed by atoms with E-state index >= 15 is 0 Å². The van der Waals surface area contributed by atoms with Crippen molar-refractivity contribution < 1.29 is 23.8 Å². The molecule has 0 heterocycles. The molecular weight excluding hydrogens is 346 g/mol. The zero-order chi connectivity index (χ0) is 20.1. The van der Waals surface area contributed by atoms with E-state index in [2.05, 4.69) is 5.32 Å². The molecule has 0 aliphatic rings. The van der Waals surface area contributed by atoms with Crippen molar-refractivity contribution >= 4 is 17.6 Å². The van der Waals surface area contributed by atoms with Gasteiger partial charge in [-0.2, -0.15) is 0 Å². The molecular formula is C21H25NO5. The summed E-state index contributed by atoms with van der Waals surface area (Å²) in [5.41, 5.74) is 3.73. The van der Waals surface area contributed by atoms with Gasteiger partial charge < -0.3 is 19.5 Å². The van der Waals surface area contributed by atoms with Crippen molar-refractivity contribution in [3.8, 4) is 11.5 Å². The minimum atomic E-state index is -0.953. The lowest BCUT2D eigenvalue weighted by molar-refractivity contribution is -0.123. The van der Waals surface area contributed by atoms with Gasteiger partial charge in [-0.25, -0.2) is 4.79 Å². The van der Waals surface area contributed by atoms with Crippen LogP contribution < -0.4 is 14.8 Å². The van der Waals surface area contributed by atoms with Crippen molar-refractivity contribution in [2.75, 3.05) is 19.5 Å². The number of amides is 1. The van der Waals surface area contributed by atoms with Crippen LogP contribution in [0.1, 0.15) is 34.0 Å². The van der Waals surface area contributed by atoms with Crippen molar-refractivity contribution in [3.05, 3.63) is 52.6 Å². The largest absolute Gasteiger partial charge is 0.493 e. The molecule has 6 heteroatoms. The highest BCUT2D eigenvalue weighted by molar-refractivity contribution is 5.98. The molecule has 2 aromatic carbocycles. The van der Waals surface area contributed by atoms with Crippen LogP contribution in [0.3, 0.4) is 0 Å². The molecule has 2 rings (SSSR count). The van der Waals surface area contributed by atoms with Gasteiger partial charge in [-0.3, -0.25) is 4.79 Å². The normalized spacial score (nSPS) is 11.5. The third kappa shape index (κ3) is 4.78. The lowest BCUT2D eigenvalue weighted by atomic mass is 10.00. The predicted octanol–water partition coefficient (Wildman–Crippen LogP) is 3.81. The monoisotopic (exact) mass is 371 g/mol. The zero-order valence-corrected chi connectivity index (χ0v) is 16.5. The lowest BCUT2D eigenvalue weighted by Gasteiger charge is -2.16. The predicted molar refractivity (Wildman–Crippen MR) is 104 cm³/mol. The van der Waals surface area contributed by atoms with Crippen LogP contribution in [0.15, 0.2) is 30.3 Å². The zero-order valence-electron chi connectivity index (χ0n) is 16.5. The highest BCUT2D eigenvalue weighted by Gasteiger charge is 2.22.